The average Bonchev–Trinajstić information content (AvgIpc) is 2.80. The largest absolute Gasteiger partial charge is 0.296 e. The van der Waals surface area contributed by atoms with Crippen molar-refractivity contribution in [2.24, 2.45) is 0 Å². The summed E-state index contributed by atoms with van der Waals surface area (Å²) in [5, 5.41) is 1.16. The Morgan fingerprint density at radius 1 is 0.935 bits per heavy atom. The summed E-state index contributed by atoms with van der Waals surface area (Å²) < 4.78 is 27.9. The summed E-state index contributed by atoms with van der Waals surface area (Å²) >= 11 is 0. The molecule has 4 rings (SSSR count). The SMILES string of the molecule is CCC(C)(C)c1ccc(S(=O)(=O)N2CCN(Cc3ccnc4ccccc34)CC2)cc1. The number of pyridine rings is 1. The molecule has 31 heavy (non-hydrogen) atoms. The molecule has 0 aliphatic carbocycles. The Bertz CT molecular complexity index is 1140. The molecule has 0 amide bonds. The van der Waals surface area contributed by atoms with Crippen LogP contribution in [-0.4, -0.2) is 48.8 Å². The highest BCUT2D eigenvalue weighted by atomic mass is 32.2. The number of nitrogens with zero attached hydrogens (tertiary/aromatic N) is 3. The van der Waals surface area contributed by atoms with Crippen molar-refractivity contribution in [2.45, 2.75) is 44.0 Å². The van der Waals surface area contributed by atoms with E-state index >= 15 is 0 Å². The Morgan fingerprint density at radius 3 is 2.29 bits per heavy atom. The summed E-state index contributed by atoms with van der Waals surface area (Å²) in [6.45, 7) is 9.77. The van der Waals surface area contributed by atoms with E-state index in [0.717, 1.165) is 37.0 Å². The highest BCUT2D eigenvalue weighted by Crippen LogP contribution is 2.28. The minimum absolute atomic E-state index is 0.0467. The zero-order chi connectivity index (χ0) is 22.1. The zero-order valence-electron chi connectivity index (χ0n) is 18.6. The van der Waals surface area contributed by atoms with Crippen molar-refractivity contribution < 1.29 is 8.42 Å². The predicted octanol–water partition coefficient (Wildman–Crippen LogP) is 4.43. The minimum Gasteiger partial charge on any atom is -0.296 e. The fourth-order valence-electron chi connectivity index (χ4n) is 4.09. The van der Waals surface area contributed by atoms with Crippen LogP contribution in [0.25, 0.3) is 10.9 Å². The Balaban J connectivity index is 1.43. The summed E-state index contributed by atoms with van der Waals surface area (Å²) in [6.07, 6.45) is 2.86. The fraction of sp³-hybridized carbons (Fsp3) is 0.400. The molecule has 0 N–H and O–H groups in total. The van der Waals surface area contributed by atoms with Crippen LogP contribution in [0.4, 0.5) is 0 Å². The topological polar surface area (TPSA) is 53.5 Å². The Labute approximate surface area is 185 Å². The third-order valence-electron chi connectivity index (χ3n) is 6.62. The molecule has 1 aromatic heterocycles. The van der Waals surface area contributed by atoms with E-state index in [1.165, 1.54) is 11.1 Å². The lowest BCUT2D eigenvalue weighted by molar-refractivity contribution is 0.182. The first-order valence-corrected chi connectivity index (χ1v) is 12.4. The fourth-order valence-corrected chi connectivity index (χ4v) is 5.52. The van der Waals surface area contributed by atoms with Gasteiger partial charge in [0.15, 0.2) is 0 Å². The molecule has 0 bridgehead atoms. The summed E-state index contributed by atoms with van der Waals surface area (Å²) in [5.41, 5.74) is 3.45. The summed E-state index contributed by atoms with van der Waals surface area (Å²) in [5.74, 6) is 0. The molecule has 1 saturated heterocycles. The van der Waals surface area contributed by atoms with Crippen molar-refractivity contribution in [2.75, 3.05) is 26.2 Å². The minimum atomic E-state index is -3.47. The second-order valence-corrected chi connectivity index (χ2v) is 10.9. The first-order chi connectivity index (χ1) is 14.8. The van der Waals surface area contributed by atoms with Crippen LogP contribution < -0.4 is 0 Å². The number of sulfonamides is 1. The van der Waals surface area contributed by atoms with Gasteiger partial charge < -0.3 is 0 Å². The van der Waals surface area contributed by atoms with Gasteiger partial charge in [-0.25, -0.2) is 8.42 Å². The van der Waals surface area contributed by atoms with Gasteiger partial charge in [0.05, 0.1) is 10.4 Å². The van der Waals surface area contributed by atoms with Crippen LogP contribution in [-0.2, 0) is 22.0 Å². The first-order valence-electron chi connectivity index (χ1n) is 11.0. The van der Waals surface area contributed by atoms with E-state index in [9.17, 15) is 8.42 Å². The van der Waals surface area contributed by atoms with E-state index in [2.05, 4.69) is 42.8 Å². The van der Waals surface area contributed by atoms with Gasteiger partial charge in [0.25, 0.3) is 0 Å². The highest BCUT2D eigenvalue weighted by molar-refractivity contribution is 7.89. The molecule has 164 valence electrons. The molecule has 0 radical (unpaired) electrons. The molecule has 1 aliphatic heterocycles. The van der Waals surface area contributed by atoms with E-state index in [1.807, 2.05) is 36.5 Å². The molecule has 1 fully saturated rings. The lowest BCUT2D eigenvalue weighted by atomic mass is 9.82. The molecule has 6 heteroatoms. The lowest BCUT2D eigenvalue weighted by Gasteiger charge is -2.34. The molecule has 0 spiro atoms. The standard InChI is InChI=1S/C25H31N3O2S/c1-4-25(2,3)21-9-11-22(12-10-21)31(29,30)28-17-15-27(16-18-28)19-20-13-14-26-24-8-6-5-7-23(20)24/h5-14H,4,15-19H2,1-3H3. The quantitative estimate of drug-likeness (QED) is 0.573. The van der Waals surface area contributed by atoms with E-state index in [1.54, 1.807) is 16.4 Å². The van der Waals surface area contributed by atoms with Crippen LogP contribution in [0.5, 0.6) is 0 Å². The van der Waals surface area contributed by atoms with Crippen LogP contribution in [0, 0.1) is 0 Å². The number of piperazine rings is 1. The molecule has 2 heterocycles. The van der Waals surface area contributed by atoms with Crippen molar-refractivity contribution in [3.8, 4) is 0 Å². The van der Waals surface area contributed by atoms with Gasteiger partial charge in [-0.15, -0.1) is 0 Å². The first kappa shape index (κ1) is 21.9. The van der Waals surface area contributed by atoms with Crippen molar-refractivity contribution >= 4 is 20.9 Å². The van der Waals surface area contributed by atoms with Gasteiger partial charge in [-0.3, -0.25) is 9.88 Å². The lowest BCUT2D eigenvalue weighted by Crippen LogP contribution is -2.48. The molecular formula is C25H31N3O2S. The van der Waals surface area contributed by atoms with Gasteiger partial charge in [0.1, 0.15) is 0 Å². The molecule has 0 saturated carbocycles. The third-order valence-corrected chi connectivity index (χ3v) is 8.53. The van der Waals surface area contributed by atoms with Gasteiger partial charge in [-0.05, 0) is 47.2 Å². The van der Waals surface area contributed by atoms with Crippen LogP contribution >= 0.6 is 0 Å². The third kappa shape index (κ3) is 4.52. The average molecular weight is 438 g/mol. The van der Waals surface area contributed by atoms with E-state index in [-0.39, 0.29) is 5.41 Å². The highest BCUT2D eigenvalue weighted by Gasteiger charge is 2.29. The number of para-hydroxylation sites is 1. The van der Waals surface area contributed by atoms with Crippen molar-refractivity contribution in [3.05, 3.63) is 71.9 Å². The van der Waals surface area contributed by atoms with E-state index < -0.39 is 10.0 Å². The normalized spacial score (nSPS) is 16.6. The second-order valence-electron chi connectivity index (χ2n) is 8.93. The van der Waals surface area contributed by atoms with Crippen LogP contribution in [0.15, 0.2) is 65.7 Å². The number of hydrogen-bond acceptors (Lipinski definition) is 4. The smallest absolute Gasteiger partial charge is 0.243 e. The number of hydrogen-bond donors (Lipinski definition) is 0. The Hall–Kier alpha value is -2.28. The Morgan fingerprint density at radius 2 is 1.61 bits per heavy atom. The van der Waals surface area contributed by atoms with Crippen molar-refractivity contribution in [1.82, 2.24) is 14.2 Å². The summed E-state index contributed by atoms with van der Waals surface area (Å²) in [7, 11) is -3.47. The molecule has 3 aromatic rings. The van der Waals surface area contributed by atoms with Gasteiger partial charge in [0.2, 0.25) is 10.0 Å². The molecular weight excluding hydrogens is 406 g/mol. The maximum atomic E-state index is 13.2. The zero-order valence-corrected chi connectivity index (χ0v) is 19.4. The summed E-state index contributed by atoms with van der Waals surface area (Å²) in [6, 6.07) is 17.7. The van der Waals surface area contributed by atoms with Crippen molar-refractivity contribution in [1.29, 1.82) is 0 Å². The maximum absolute atomic E-state index is 13.2. The molecule has 5 nitrogen and oxygen atoms in total. The second kappa shape index (κ2) is 8.69. The molecule has 2 aromatic carbocycles. The van der Waals surface area contributed by atoms with E-state index in [4.69, 9.17) is 0 Å². The summed E-state index contributed by atoms with van der Waals surface area (Å²) in [4.78, 5) is 7.14. The number of aromatic nitrogens is 1. The Kier molecular flexibility index (Phi) is 6.15. The predicted molar refractivity (Wildman–Crippen MR) is 126 cm³/mol. The number of benzene rings is 2. The van der Waals surface area contributed by atoms with Crippen LogP contribution in [0.3, 0.4) is 0 Å². The van der Waals surface area contributed by atoms with Gasteiger partial charge in [-0.2, -0.15) is 4.31 Å². The van der Waals surface area contributed by atoms with E-state index in [0.29, 0.717) is 18.0 Å². The molecule has 0 atom stereocenters. The number of fused-ring (bicyclic) bond motifs is 1. The number of rotatable bonds is 6. The van der Waals surface area contributed by atoms with Gasteiger partial charge in [-0.1, -0.05) is 51.1 Å². The monoisotopic (exact) mass is 437 g/mol. The van der Waals surface area contributed by atoms with Crippen LogP contribution in [0.2, 0.25) is 0 Å². The maximum Gasteiger partial charge on any atom is 0.243 e. The molecule has 0 unspecified atom stereocenters. The van der Waals surface area contributed by atoms with Gasteiger partial charge >= 0.3 is 0 Å². The van der Waals surface area contributed by atoms with Crippen LogP contribution in [0.1, 0.15) is 38.3 Å². The van der Waals surface area contributed by atoms with Gasteiger partial charge in [0, 0.05) is 44.3 Å². The molecule has 1 aliphatic rings. The van der Waals surface area contributed by atoms with Crippen molar-refractivity contribution in [3.63, 3.8) is 0 Å².